The molecule has 0 bridgehead atoms. The Morgan fingerprint density at radius 2 is 1.81 bits per heavy atom. The molecule has 8 heteroatoms. The molecule has 8 nitrogen and oxygen atoms in total. The number of imide groups is 1. The Morgan fingerprint density at radius 3 is 2.29 bits per heavy atom. The molecule has 0 atom stereocenters. The van der Waals surface area contributed by atoms with Crippen LogP contribution in [0.4, 0.5) is 4.79 Å². The number of aryl methyl sites for hydroxylation is 2. The molecule has 114 valence electrons. The third-order valence-electron chi connectivity index (χ3n) is 3.06. The van der Waals surface area contributed by atoms with Crippen molar-refractivity contribution < 1.29 is 24.0 Å². The first-order chi connectivity index (χ1) is 9.73. The molecular weight excluding hydrogens is 278 g/mol. The molecule has 3 amide bonds. The number of rotatable bonds is 4. The summed E-state index contributed by atoms with van der Waals surface area (Å²) in [5, 5.41) is 17.0. The molecule has 1 aromatic rings. The van der Waals surface area contributed by atoms with E-state index in [0.29, 0.717) is 11.5 Å². The van der Waals surface area contributed by atoms with Gasteiger partial charge in [0.05, 0.1) is 5.69 Å². The number of carboxylic acid groups (broad SMARTS) is 1. The average molecular weight is 295 g/mol. The van der Waals surface area contributed by atoms with Crippen LogP contribution in [0, 0.1) is 13.8 Å². The van der Waals surface area contributed by atoms with Crippen LogP contribution in [0.5, 0.6) is 0 Å². The molecule has 1 heterocycles. The summed E-state index contributed by atoms with van der Waals surface area (Å²) in [6, 6.07) is -0.725. The SMILES string of the molecule is CC(C(=O)O)=C(C)C(=O)NC(=O)NCc1c(C)noc1C. The fourth-order valence-electron chi connectivity index (χ4n) is 1.49. The molecule has 0 aliphatic rings. The lowest BCUT2D eigenvalue weighted by Gasteiger charge is -2.07. The lowest BCUT2D eigenvalue weighted by molar-refractivity contribution is -0.133. The zero-order valence-corrected chi connectivity index (χ0v) is 12.2. The number of amides is 3. The van der Waals surface area contributed by atoms with E-state index in [2.05, 4.69) is 15.8 Å². The number of hydrogen-bond donors (Lipinski definition) is 3. The second-order valence-electron chi connectivity index (χ2n) is 4.49. The highest BCUT2D eigenvalue weighted by Gasteiger charge is 2.16. The molecule has 1 rings (SSSR count). The van der Waals surface area contributed by atoms with Crippen molar-refractivity contribution in [2.75, 3.05) is 0 Å². The van der Waals surface area contributed by atoms with Gasteiger partial charge in [0, 0.05) is 23.3 Å². The number of urea groups is 1. The van der Waals surface area contributed by atoms with E-state index in [0.717, 1.165) is 5.56 Å². The Morgan fingerprint density at radius 1 is 1.19 bits per heavy atom. The third-order valence-corrected chi connectivity index (χ3v) is 3.06. The van der Waals surface area contributed by atoms with Crippen molar-refractivity contribution in [3.8, 4) is 0 Å². The van der Waals surface area contributed by atoms with Crippen LogP contribution in [-0.2, 0) is 16.1 Å². The van der Waals surface area contributed by atoms with E-state index in [9.17, 15) is 14.4 Å². The molecular formula is C13H17N3O5. The zero-order chi connectivity index (χ0) is 16.2. The monoisotopic (exact) mass is 295 g/mol. The van der Waals surface area contributed by atoms with E-state index in [4.69, 9.17) is 9.63 Å². The van der Waals surface area contributed by atoms with E-state index in [-0.39, 0.29) is 17.7 Å². The first kappa shape index (κ1) is 16.4. The van der Waals surface area contributed by atoms with Gasteiger partial charge in [-0.25, -0.2) is 9.59 Å². The number of nitrogens with zero attached hydrogens (tertiary/aromatic N) is 1. The van der Waals surface area contributed by atoms with Crippen molar-refractivity contribution in [3.63, 3.8) is 0 Å². The molecule has 0 saturated carbocycles. The summed E-state index contributed by atoms with van der Waals surface area (Å²) in [5.41, 5.74) is 1.23. The number of nitrogens with one attached hydrogen (secondary N) is 2. The molecule has 0 fully saturated rings. The van der Waals surface area contributed by atoms with Gasteiger partial charge >= 0.3 is 12.0 Å². The van der Waals surface area contributed by atoms with E-state index in [1.54, 1.807) is 13.8 Å². The van der Waals surface area contributed by atoms with Crippen molar-refractivity contribution in [1.82, 2.24) is 15.8 Å². The van der Waals surface area contributed by atoms with Crippen LogP contribution < -0.4 is 10.6 Å². The van der Waals surface area contributed by atoms with E-state index in [1.165, 1.54) is 13.8 Å². The quantitative estimate of drug-likeness (QED) is 0.713. The largest absolute Gasteiger partial charge is 0.478 e. The van der Waals surface area contributed by atoms with E-state index >= 15 is 0 Å². The molecule has 0 aromatic carbocycles. The van der Waals surface area contributed by atoms with Gasteiger partial charge in [-0.3, -0.25) is 10.1 Å². The predicted molar refractivity (Wildman–Crippen MR) is 72.4 cm³/mol. The molecule has 0 aliphatic heterocycles. The lowest BCUT2D eigenvalue weighted by Crippen LogP contribution is -2.40. The summed E-state index contributed by atoms with van der Waals surface area (Å²) in [4.78, 5) is 34.0. The number of aromatic nitrogens is 1. The number of carboxylic acids is 1. The lowest BCUT2D eigenvalue weighted by atomic mass is 10.1. The standard InChI is InChI=1S/C13H17N3O5/c1-6(7(2)12(18)19)11(17)15-13(20)14-5-10-8(3)16-21-9(10)4/h5H2,1-4H3,(H,18,19)(H2,14,15,17,20). The molecule has 0 radical (unpaired) electrons. The minimum absolute atomic E-state index is 0.0324. The van der Waals surface area contributed by atoms with Gasteiger partial charge in [-0.1, -0.05) is 5.16 Å². The second kappa shape index (κ2) is 6.69. The Labute approximate surface area is 121 Å². The summed E-state index contributed by atoms with van der Waals surface area (Å²) < 4.78 is 4.94. The highest BCUT2D eigenvalue weighted by atomic mass is 16.5. The van der Waals surface area contributed by atoms with E-state index < -0.39 is 17.9 Å². The fraction of sp³-hybridized carbons (Fsp3) is 0.385. The molecule has 21 heavy (non-hydrogen) atoms. The van der Waals surface area contributed by atoms with Crippen molar-refractivity contribution in [1.29, 1.82) is 0 Å². The van der Waals surface area contributed by atoms with Crippen molar-refractivity contribution in [2.45, 2.75) is 34.2 Å². The number of aliphatic carboxylic acids is 1. The van der Waals surface area contributed by atoms with Gasteiger partial charge in [0.25, 0.3) is 5.91 Å². The van der Waals surface area contributed by atoms with Gasteiger partial charge < -0.3 is 14.9 Å². The highest BCUT2D eigenvalue weighted by Crippen LogP contribution is 2.11. The van der Waals surface area contributed by atoms with E-state index in [1.807, 2.05) is 0 Å². The molecule has 0 saturated heterocycles. The minimum atomic E-state index is -1.21. The second-order valence-corrected chi connectivity index (χ2v) is 4.49. The summed E-state index contributed by atoms with van der Waals surface area (Å²) in [6.45, 7) is 6.23. The van der Waals surface area contributed by atoms with Crippen LogP contribution >= 0.6 is 0 Å². The molecule has 1 aromatic heterocycles. The van der Waals surface area contributed by atoms with Crippen LogP contribution in [0.2, 0.25) is 0 Å². The van der Waals surface area contributed by atoms with Crippen molar-refractivity contribution in [3.05, 3.63) is 28.2 Å². The van der Waals surface area contributed by atoms with Crippen molar-refractivity contribution >= 4 is 17.9 Å². The van der Waals surface area contributed by atoms with Gasteiger partial charge in [0.15, 0.2) is 0 Å². The first-order valence-electron chi connectivity index (χ1n) is 6.15. The van der Waals surface area contributed by atoms with Gasteiger partial charge in [0.2, 0.25) is 0 Å². The smallest absolute Gasteiger partial charge is 0.331 e. The number of carbonyl (C=O) groups excluding carboxylic acids is 2. The summed E-state index contributed by atoms with van der Waals surface area (Å²) in [6.07, 6.45) is 0. The number of carbonyl (C=O) groups is 3. The maximum atomic E-state index is 11.7. The molecule has 0 spiro atoms. The number of hydrogen-bond acceptors (Lipinski definition) is 5. The maximum Gasteiger partial charge on any atom is 0.331 e. The molecule has 0 unspecified atom stereocenters. The van der Waals surface area contributed by atoms with Gasteiger partial charge in [-0.15, -0.1) is 0 Å². The van der Waals surface area contributed by atoms with Gasteiger partial charge in [-0.2, -0.15) is 0 Å². The Balaban J connectivity index is 2.61. The first-order valence-corrected chi connectivity index (χ1v) is 6.15. The molecule has 0 aliphatic carbocycles. The third kappa shape index (κ3) is 4.16. The predicted octanol–water partition coefficient (Wildman–Crippen LogP) is 1.04. The van der Waals surface area contributed by atoms with Crippen LogP contribution in [-0.4, -0.2) is 28.2 Å². The zero-order valence-electron chi connectivity index (χ0n) is 12.2. The Hall–Kier alpha value is -2.64. The fourth-order valence-corrected chi connectivity index (χ4v) is 1.49. The average Bonchev–Trinajstić information content (AvgIpc) is 2.73. The van der Waals surface area contributed by atoms with Gasteiger partial charge in [0.1, 0.15) is 5.76 Å². The van der Waals surface area contributed by atoms with Crippen molar-refractivity contribution in [2.24, 2.45) is 0 Å². The summed E-state index contributed by atoms with van der Waals surface area (Å²) >= 11 is 0. The summed E-state index contributed by atoms with van der Waals surface area (Å²) in [7, 11) is 0. The van der Waals surface area contributed by atoms with Crippen LogP contribution in [0.1, 0.15) is 30.9 Å². The normalized spacial score (nSPS) is 11.6. The molecule has 3 N–H and O–H groups in total. The highest BCUT2D eigenvalue weighted by molar-refractivity contribution is 6.07. The maximum absolute atomic E-state index is 11.7. The summed E-state index contributed by atoms with van der Waals surface area (Å²) in [5.74, 6) is -1.39. The van der Waals surface area contributed by atoms with Crippen LogP contribution in [0.3, 0.4) is 0 Å². The minimum Gasteiger partial charge on any atom is -0.478 e. The van der Waals surface area contributed by atoms with Gasteiger partial charge in [-0.05, 0) is 27.7 Å². The Bertz CT molecular complexity index is 596. The Kier molecular flexibility index (Phi) is 5.23. The van der Waals surface area contributed by atoms with Crippen LogP contribution in [0.25, 0.3) is 0 Å². The van der Waals surface area contributed by atoms with Crippen LogP contribution in [0.15, 0.2) is 15.7 Å². The topological polar surface area (TPSA) is 122 Å².